The smallest absolute Gasteiger partial charge is 0.415 e. The van der Waals surface area contributed by atoms with Gasteiger partial charge in [0.25, 0.3) is 0 Å². The van der Waals surface area contributed by atoms with Gasteiger partial charge in [-0.05, 0) is 62.3 Å². The van der Waals surface area contributed by atoms with Gasteiger partial charge in [0.05, 0.1) is 12.7 Å². The number of carbonyl (C=O) groups excluding carboxylic acids is 1. The van der Waals surface area contributed by atoms with Gasteiger partial charge >= 0.3 is 6.09 Å². The van der Waals surface area contributed by atoms with Gasteiger partial charge in [0.1, 0.15) is 6.04 Å². The van der Waals surface area contributed by atoms with Crippen LogP contribution in [0.1, 0.15) is 50.0 Å². The van der Waals surface area contributed by atoms with Gasteiger partial charge < -0.3 is 14.8 Å². The van der Waals surface area contributed by atoms with Gasteiger partial charge in [-0.3, -0.25) is 0 Å². The van der Waals surface area contributed by atoms with Gasteiger partial charge in [-0.1, -0.05) is 0 Å². The summed E-state index contributed by atoms with van der Waals surface area (Å²) in [6, 6.07) is 5.28. The third-order valence-corrected chi connectivity index (χ3v) is 4.74. The molecule has 3 fully saturated rings. The van der Waals surface area contributed by atoms with E-state index in [1.807, 2.05) is 6.07 Å². The molecule has 1 atom stereocenters. The molecule has 0 radical (unpaired) electrons. The molecule has 6 nitrogen and oxygen atoms in total. The Labute approximate surface area is 141 Å². The molecule has 0 aromatic carbocycles. The average Bonchev–Trinajstić information content (AvgIpc) is 3.43. The molecule has 1 heterocycles. The predicted molar refractivity (Wildman–Crippen MR) is 85.7 cm³/mol. The second kappa shape index (κ2) is 6.31. The van der Waals surface area contributed by atoms with E-state index in [0.29, 0.717) is 24.3 Å². The van der Waals surface area contributed by atoms with Gasteiger partial charge in [0.15, 0.2) is 0 Å². The summed E-state index contributed by atoms with van der Waals surface area (Å²) in [4.78, 5) is 16.3. The summed E-state index contributed by atoms with van der Waals surface area (Å²) in [6.07, 6.45) is 6.08. The van der Waals surface area contributed by atoms with Crippen molar-refractivity contribution < 1.29 is 14.3 Å². The van der Waals surface area contributed by atoms with E-state index in [-0.39, 0.29) is 11.8 Å². The Kier molecular flexibility index (Phi) is 4.01. The first-order chi connectivity index (χ1) is 11.7. The van der Waals surface area contributed by atoms with Crippen LogP contribution in [0.3, 0.4) is 0 Å². The van der Waals surface area contributed by atoms with Crippen LogP contribution in [0.15, 0.2) is 12.1 Å². The van der Waals surface area contributed by atoms with E-state index in [1.54, 1.807) is 6.07 Å². The standard InChI is InChI=1S/C18H21N3O3/c19-9-15(13-5-6-13)20-18(22)24-16-8-7-14(12-3-4-12)17(21-16)23-10-11-1-2-11/h7-8,11-13,15H,1-6,10H2,(H,20,22). The largest absolute Gasteiger partial charge is 0.477 e. The maximum Gasteiger partial charge on any atom is 0.415 e. The third-order valence-electron chi connectivity index (χ3n) is 4.74. The lowest BCUT2D eigenvalue weighted by Crippen LogP contribution is -2.37. The van der Waals surface area contributed by atoms with Crippen molar-refractivity contribution in [1.29, 1.82) is 5.26 Å². The number of hydrogen-bond acceptors (Lipinski definition) is 5. The Balaban J connectivity index is 1.41. The highest BCUT2D eigenvalue weighted by Gasteiger charge is 2.33. The van der Waals surface area contributed by atoms with Crippen molar-refractivity contribution in [3.63, 3.8) is 0 Å². The second-order valence-electron chi connectivity index (χ2n) is 7.05. The molecule has 1 aromatic heterocycles. The molecule has 0 bridgehead atoms. The van der Waals surface area contributed by atoms with Crippen molar-refractivity contribution in [2.45, 2.75) is 50.5 Å². The quantitative estimate of drug-likeness (QED) is 0.831. The predicted octanol–water partition coefficient (Wildman–Crippen LogP) is 3.14. The molecule has 4 rings (SSSR count). The summed E-state index contributed by atoms with van der Waals surface area (Å²) < 4.78 is 11.1. The normalized spacial score (nSPS) is 20.8. The number of rotatable bonds is 7. The van der Waals surface area contributed by atoms with Gasteiger partial charge in [0, 0.05) is 11.6 Å². The molecule has 6 heteroatoms. The Hall–Kier alpha value is -2.29. The summed E-state index contributed by atoms with van der Waals surface area (Å²) >= 11 is 0. The summed E-state index contributed by atoms with van der Waals surface area (Å²) in [7, 11) is 0. The van der Waals surface area contributed by atoms with Crippen molar-refractivity contribution in [1.82, 2.24) is 10.3 Å². The molecule has 0 aliphatic heterocycles. The van der Waals surface area contributed by atoms with E-state index in [4.69, 9.17) is 14.7 Å². The van der Waals surface area contributed by atoms with Crippen LogP contribution in [0.4, 0.5) is 4.79 Å². The SMILES string of the molecule is N#CC(NC(=O)Oc1ccc(C2CC2)c(OCC2CC2)n1)C1CC1. The van der Waals surface area contributed by atoms with Gasteiger partial charge in [-0.25, -0.2) is 4.79 Å². The van der Waals surface area contributed by atoms with Crippen LogP contribution in [0.2, 0.25) is 0 Å². The van der Waals surface area contributed by atoms with E-state index >= 15 is 0 Å². The first-order valence-electron chi connectivity index (χ1n) is 8.74. The summed E-state index contributed by atoms with van der Waals surface area (Å²) in [5.41, 5.74) is 1.11. The number of nitrogens with zero attached hydrogens (tertiary/aromatic N) is 2. The lowest BCUT2D eigenvalue weighted by molar-refractivity contribution is 0.194. The molecule has 1 N–H and O–H groups in total. The number of amides is 1. The molecule has 1 unspecified atom stereocenters. The summed E-state index contributed by atoms with van der Waals surface area (Å²) in [5.74, 6) is 2.23. The fraction of sp³-hybridized carbons (Fsp3) is 0.611. The van der Waals surface area contributed by atoms with Crippen LogP contribution < -0.4 is 14.8 Å². The highest BCUT2D eigenvalue weighted by atomic mass is 16.6. The number of ether oxygens (including phenoxy) is 2. The van der Waals surface area contributed by atoms with Crippen molar-refractivity contribution in [2.24, 2.45) is 11.8 Å². The molecule has 3 saturated carbocycles. The summed E-state index contributed by atoms with van der Waals surface area (Å²) in [5, 5.41) is 11.7. The van der Waals surface area contributed by atoms with Crippen LogP contribution in [0.5, 0.6) is 11.8 Å². The van der Waals surface area contributed by atoms with Gasteiger partial charge in [0.2, 0.25) is 11.8 Å². The second-order valence-corrected chi connectivity index (χ2v) is 7.05. The fourth-order valence-corrected chi connectivity index (χ4v) is 2.73. The van der Waals surface area contributed by atoms with E-state index in [1.165, 1.54) is 12.8 Å². The van der Waals surface area contributed by atoms with Crippen LogP contribution in [0, 0.1) is 23.2 Å². The van der Waals surface area contributed by atoms with E-state index < -0.39 is 12.1 Å². The molecule has 3 aliphatic rings. The molecule has 24 heavy (non-hydrogen) atoms. The molecule has 1 aromatic rings. The highest BCUT2D eigenvalue weighted by Crippen LogP contribution is 2.44. The lowest BCUT2D eigenvalue weighted by Gasteiger charge is -2.13. The monoisotopic (exact) mass is 327 g/mol. The lowest BCUT2D eigenvalue weighted by atomic mass is 10.2. The van der Waals surface area contributed by atoms with Crippen LogP contribution in [0.25, 0.3) is 0 Å². The van der Waals surface area contributed by atoms with E-state index in [2.05, 4.69) is 16.4 Å². The zero-order valence-electron chi connectivity index (χ0n) is 13.5. The number of aromatic nitrogens is 1. The van der Waals surface area contributed by atoms with E-state index in [9.17, 15) is 4.79 Å². The maximum atomic E-state index is 12.0. The topological polar surface area (TPSA) is 84.2 Å². The number of hydrogen-bond donors (Lipinski definition) is 1. The minimum atomic E-state index is -0.631. The molecule has 0 saturated heterocycles. The van der Waals surface area contributed by atoms with E-state index in [0.717, 1.165) is 31.2 Å². The highest BCUT2D eigenvalue weighted by molar-refractivity contribution is 5.70. The first kappa shape index (κ1) is 15.3. The average molecular weight is 327 g/mol. The number of nitriles is 1. The fourth-order valence-electron chi connectivity index (χ4n) is 2.73. The Morgan fingerprint density at radius 2 is 2.08 bits per heavy atom. The summed E-state index contributed by atoms with van der Waals surface area (Å²) in [6.45, 7) is 0.681. The van der Waals surface area contributed by atoms with Gasteiger partial charge in [-0.15, -0.1) is 0 Å². The molecule has 3 aliphatic carbocycles. The zero-order chi connectivity index (χ0) is 16.5. The minimum Gasteiger partial charge on any atom is -0.477 e. The third kappa shape index (κ3) is 3.78. The van der Waals surface area contributed by atoms with Crippen LogP contribution in [-0.2, 0) is 0 Å². The molecule has 126 valence electrons. The number of pyridine rings is 1. The van der Waals surface area contributed by atoms with Crippen molar-refractivity contribution in [2.75, 3.05) is 6.61 Å². The Morgan fingerprint density at radius 1 is 1.29 bits per heavy atom. The Morgan fingerprint density at radius 3 is 2.71 bits per heavy atom. The zero-order valence-corrected chi connectivity index (χ0v) is 13.5. The molecular formula is C18H21N3O3. The van der Waals surface area contributed by atoms with Crippen molar-refractivity contribution >= 4 is 6.09 Å². The number of carbonyl (C=O) groups is 1. The van der Waals surface area contributed by atoms with Crippen LogP contribution >= 0.6 is 0 Å². The van der Waals surface area contributed by atoms with Crippen molar-refractivity contribution in [3.05, 3.63) is 17.7 Å². The maximum absolute atomic E-state index is 12.0. The van der Waals surface area contributed by atoms with Crippen LogP contribution in [-0.4, -0.2) is 23.7 Å². The molecule has 0 spiro atoms. The Bertz CT molecular complexity index is 673. The van der Waals surface area contributed by atoms with Gasteiger partial charge in [-0.2, -0.15) is 10.2 Å². The minimum absolute atomic E-state index is 0.218. The first-order valence-corrected chi connectivity index (χ1v) is 8.74. The molecular weight excluding hydrogens is 306 g/mol. The molecule has 1 amide bonds. The van der Waals surface area contributed by atoms with Crippen molar-refractivity contribution in [3.8, 4) is 17.8 Å². The number of nitrogens with one attached hydrogen (secondary N) is 1.